The molecule has 0 amide bonds. The molecule has 4 nitrogen and oxygen atoms in total. The number of Topliss-reactive ketones (excluding diaryl/α,β-unsaturated/α-hetero) is 1. The number of hydrogen-bond acceptors (Lipinski definition) is 3. The van der Waals surface area contributed by atoms with Gasteiger partial charge >= 0.3 is 0 Å². The van der Waals surface area contributed by atoms with E-state index >= 15 is 0 Å². The van der Waals surface area contributed by atoms with Crippen LogP contribution in [-0.2, 0) is 0 Å². The average molecular weight is 266 g/mol. The number of carbonyl (C=O) groups is 1. The molecule has 0 radical (unpaired) electrons. The van der Waals surface area contributed by atoms with E-state index in [1.165, 1.54) is 0 Å². The molecule has 0 aliphatic rings. The van der Waals surface area contributed by atoms with E-state index in [9.17, 15) is 4.79 Å². The van der Waals surface area contributed by atoms with Crippen LogP contribution in [0.2, 0.25) is 0 Å². The van der Waals surface area contributed by atoms with Crippen LogP contribution in [0.25, 0.3) is 0 Å². The molecule has 19 heavy (non-hydrogen) atoms. The van der Waals surface area contributed by atoms with Crippen molar-refractivity contribution < 1.29 is 9.53 Å². The Morgan fingerprint density at radius 1 is 1.42 bits per heavy atom. The topological polar surface area (TPSA) is 44.1 Å². The molecule has 1 rings (SSSR count). The van der Waals surface area contributed by atoms with Crippen molar-refractivity contribution in [1.82, 2.24) is 9.78 Å². The first-order chi connectivity index (χ1) is 9.06. The number of nitrogens with zero attached hydrogens (tertiary/aromatic N) is 2. The lowest BCUT2D eigenvalue weighted by molar-refractivity contribution is 0.0891. The van der Waals surface area contributed by atoms with Crippen molar-refractivity contribution >= 4 is 5.78 Å². The zero-order valence-electron chi connectivity index (χ0n) is 12.8. The van der Waals surface area contributed by atoms with E-state index < -0.39 is 0 Å². The highest BCUT2D eigenvalue weighted by molar-refractivity contribution is 5.98. The maximum atomic E-state index is 12.7. The highest BCUT2D eigenvalue weighted by atomic mass is 16.5. The van der Waals surface area contributed by atoms with Crippen LogP contribution in [0.1, 0.15) is 69.9 Å². The minimum Gasteiger partial charge on any atom is -0.493 e. The normalized spacial score (nSPS) is 12.7. The van der Waals surface area contributed by atoms with E-state index in [-0.39, 0.29) is 17.7 Å². The van der Waals surface area contributed by atoms with Crippen molar-refractivity contribution in [2.24, 2.45) is 5.92 Å². The van der Waals surface area contributed by atoms with E-state index in [1.54, 1.807) is 18.0 Å². The van der Waals surface area contributed by atoms with Crippen molar-refractivity contribution in [3.05, 3.63) is 11.9 Å². The number of ether oxygens (including phenoxy) is 1. The van der Waals surface area contributed by atoms with Gasteiger partial charge in [-0.15, -0.1) is 0 Å². The van der Waals surface area contributed by atoms with Gasteiger partial charge in [-0.2, -0.15) is 5.10 Å². The maximum absolute atomic E-state index is 12.7. The molecule has 0 aliphatic carbocycles. The molecular formula is C15H26N2O2. The van der Waals surface area contributed by atoms with E-state index in [0.29, 0.717) is 11.4 Å². The minimum atomic E-state index is 0.0723. The van der Waals surface area contributed by atoms with E-state index in [4.69, 9.17) is 4.74 Å². The summed E-state index contributed by atoms with van der Waals surface area (Å²) < 4.78 is 7.07. The highest BCUT2D eigenvalue weighted by Gasteiger charge is 2.26. The van der Waals surface area contributed by atoms with Gasteiger partial charge in [0, 0.05) is 12.0 Å². The Bertz CT molecular complexity index is 410. The molecule has 0 bridgehead atoms. The predicted molar refractivity (Wildman–Crippen MR) is 76.8 cm³/mol. The molecule has 1 aromatic rings. The molecular weight excluding hydrogens is 240 g/mol. The Labute approximate surface area is 116 Å². The van der Waals surface area contributed by atoms with Gasteiger partial charge in [-0.1, -0.05) is 26.7 Å². The van der Waals surface area contributed by atoms with Gasteiger partial charge in [-0.3, -0.25) is 9.48 Å². The van der Waals surface area contributed by atoms with Crippen LogP contribution in [0, 0.1) is 5.92 Å². The van der Waals surface area contributed by atoms with Crippen molar-refractivity contribution in [1.29, 1.82) is 0 Å². The summed E-state index contributed by atoms with van der Waals surface area (Å²) >= 11 is 0. The molecule has 0 N–H and O–H groups in total. The molecule has 1 atom stereocenters. The lowest BCUT2D eigenvalue weighted by atomic mass is 9.92. The van der Waals surface area contributed by atoms with Crippen LogP contribution in [0.15, 0.2) is 6.20 Å². The van der Waals surface area contributed by atoms with E-state index in [2.05, 4.69) is 18.9 Å². The molecule has 0 aliphatic heterocycles. The summed E-state index contributed by atoms with van der Waals surface area (Å²) in [6, 6.07) is 0.159. The Hall–Kier alpha value is -1.32. The van der Waals surface area contributed by atoms with E-state index in [1.807, 2.05) is 13.8 Å². The Morgan fingerprint density at radius 2 is 2.11 bits per heavy atom. The first kappa shape index (κ1) is 15.7. The van der Waals surface area contributed by atoms with Crippen LogP contribution < -0.4 is 4.74 Å². The van der Waals surface area contributed by atoms with E-state index in [0.717, 1.165) is 25.7 Å². The molecule has 4 heteroatoms. The number of methoxy groups -OCH3 is 1. The van der Waals surface area contributed by atoms with Gasteiger partial charge in [0.15, 0.2) is 11.5 Å². The fraction of sp³-hybridized carbons (Fsp3) is 0.733. The number of aromatic nitrogens is 2. The Morgan fingerprint density at radius 3 is 2.58 bits per heavy atom. The van der Waals surface area contributed by atoms with Gasteiger partial charge in [0.2, 0.25) is 0 Å². The molecule has 108 valence electrons. The lowest BCUT2D eigenvalue weighted by Crippen LogP contribution is -2.20. The second kappa shape index (κ2) is 7.31. The summed E-state index contributed by atoms with van der Waals surface area (Å²) in [4.78, 5) is 12.7. The SMILES string of the molecule is CCCCC(CC)C(=O)c1c(OC)cnn1C(C)C. The molecule has 1 unspecified atom stereocenters. The van der Waals surface area contributed by atoms with Crippen molar-refractivity contribution in [3.8, 4) is 5.75 Å². The average Bonchev–Trinajstić information content (AvgIpc) is 2.83. The van der Waals surface area contributed by atoms with Crippen LogP contribution in [0.4, 0.5) is 0 Å². The fourth-order valence-electron chi connectivity index (χ4n) is 2.29. The van der Waals surface area contributed by atoms with Gasteiger partial charge in [-0.05, 0) is 26.7 Å². The third-order valence-corrected chi connectivity index (χ3v) is 3.47. The van der Waals surface area contributed by atoms with Gasteiger partial charge in [0.1, 0.15) is 5.69 Å². The summed E-state index contributed by atoms with van der Waals surface area (Å²) in [6.07, 6.45) is 5.65. The molecule has 0 spiro atoms. The molecule has 0 fully saturated rings. The second-order valence-corrected chi connectivity index (χ2v) is 5.21. The summed E-state index contributed by atoms with van der Waals surface area (Å²) in [5, 5.41) is 4.28. The minimum absolute atomic E-state index is 0.0723. The van der Waals surface area contributed by atoms with Crippen LogP contribution >= 0.6 is 0 Å². The largest absolute Gasteiger partial charge is 0.493 e. The highest BCUT2D eigenvalue weighted by Crippen LogP contribution is 2.27. The molecule has 0 aromatic carbocycles. The van der Waals surface area contributed by atoms with Gasteiger partial charge in [0.05, 0.1) is 13.3 Å². The summed E-state index contributed by atoms with van der Waals surface area (Å²) in [7, 11) is 1.59. The smallest absolute Gasteiger partial charge is 0.187 e. The first-order valence-corrected chi connectivity index (χ1v) is 7.22. The van der Waals surface area contributed by atoms with Crippen LogP contribution in [0.5, 0.6) is 5.75 Å². The third-order valence-electron chi connectivity index (χ3n) is 3.47. The third kappa shape index (κ3) is 3.58. The summed E-state index contributed by atoms with van der Waals surface area (Å²) in [5.74, 6) is 0.829. The van der Waals surface area contributed by atoms with Crippen molar-refractivity contribution in [3.63, 3.8) is 0 Å². The second-order valence-electron chi connectivity index (χ2n) is 5.21. The number of ketones is 1. The van der Waals surface area contributed by atoms with Crippen molar-refractivity contribution in [2.75, 3.05) is 7.11 Å². The zero-order valence-corrected chi connectivity index (χ0v) is 12.8. The quantitative estimate of drug-likeness (QED) is 0.671. The predicted octanol–water partition coefficient (Wildman–Crippen LogP) is 3.87. The number of rotatable bonds is 8. The fourth-order valence-corrected chi connectivity index (χ4v) is 2.29. The molecule has 1 aromatic heterocycles. The number of unbranched alkanes of at least 4 members (excludes halogenated alkanes) is 1. The summed E-state index contributed by atoms with van der Waals surface area (Å²) in [6.45, 7) is 8.27. The molecule has 0 saturated heterocycles. The van der Waals surface area contributed by atoms with Crippen LogP contribution in [0.3, 0.4) is 0 Å². The van der Waals surface area contributed by atoms with Gasteiger partial charge in [0.25, 0.3) is 0 Å². The molecule has 0 saturated carbocycles. The first-order valence-electron chi connectivity index (χ1n) is 7.22. The Kier molecular flexibility index (Phi) is 6.06. The standard InChI is InChI=1S/C15H26N2O2/c1-6-8-9-12(7-2)15(18)14-13(19-5)10-16-17(14)11(3)4/h10-12H,6-9H2,1-5H3. The Balaban J connectivity index is 3.05. The molecule has 1 heterocycles. The van der Waals surface area contributed by atoms with Gasteiger partial charge in [-0.25, -0.2) is 0 Å². The maximum Gasteiger partial charge on any atom is 0.187 e. The number of hydrogen-bond donors (Lipinski definition) is 0. The van der Waals surface area contributed by atoms with Crippen molar-refractivity contribution in [2.45, 2.75) is 59.4 Å². The lowest BCUT2D eigenvalue weighted by Gasteiger charge is -2.17. The monoisotopic (exact) mass is 266 g/mol. The van der Waals surface area contributed by atoms with Gasteiger partial charge < -0.3 is 4.74 Å². The summed E-state index contributed by atoms with van der Waals surface area (Å²) in [5.41, 5.74) is 0.625. The zero-order chi connectivity index (χ0) is 14.4. The number of carbonyl (C=O) groups excluding carboxylic acids is 1. The van der Waals surface area contributed by atoms with Crippen LogP contribution in [-0.4, -0.2) is 22.7 Å².